The molecule has 0 aliphatic heterocycles. The van der Waals surface area contributed by atoms with Gasteiger partial charge in [-0.25, -0.2) is 4.79 Å². The van der Waals surface area contributed by atoms with Crippen LogP contribution < -0.4 is 4.74 Å². The molecule has 0 saturated carbocycles. The van der Waals surface area contributed by atoms with Crippen molar-refractivity contribution in [2.75, 3.05) is 13.7 Å². The first kappa shape index (κ1) is 25.8. The summed E-state index contributed by atoms with van der Waals surface area (Å²) in [7, 11) is 1.64. The molecule has 5 nitrogen and oxygen atoms in total. The van der Waals surface area contributed by atoms with Gasteiger partial charge in [0.1, 0.15) is 10.6 Å². The number of ether oxygens (including phenoxy) is 2. The summed E-state index contributed by atoms with van der Waals surface area (Å²) in [4.78, 5) is 13.3. The molecule has 0 spiro atoms. The van der Waals surface area contributed by atoms with Gasteiger partial charge < -0.3 is 14.7 Å². The molecule has 0 radical (unpaired) electrons. The molecule has 0 bridgehead atoms. The molecule has 0 amide bonds. The molecule has 1 aromatic heterocycles. The quantitative estimate of drug-likeness (QED) is 0.162. The summed E-state index contributed by atoms with van der Waals surface area (Å²) in [6.07, 6.45) is 1.48. The van der Waals surface area contributed by atoms with Crippen LogP contribution >= 0.6 is 23.1 Å². The molecule has 0 fully saturated rings. The van der Waals surface area contributed by atoms with Crippen molar-refractivity contribution in [1.29, 1.82) is 0 Å². The number of oxime groups is 1. The molecule has 7 heteroatoms. The van der Waals surface area contributed by atoms with E-state index in [1.165, 1.54) is 16.9 Å². The van der Waals surface area contributed by atoms with Crippen molar-refractivity contribution in [3.63, 3.8) is 0 Å². The average molecular weight is 498 g/mol. The van der Waals surface area contributed by atoms with Gasteiger partial charge in [0.2, 0.25) is 0 Å². The zero-order chi connectivity index (χ0) is 24.5. The number of benzene rings is 2. The Hall–Kier alpha value is -2.77. The van der Waals surface area contributed by atoms with E-state index in [0.717, 1.165) is 45.2 Å². The number of esters is 1. The molecule has 2 aromatic carbocycles. The number of methoxy groups -OCH3 is 1. The Kier molecular flexibility index (Phi) is 9.60. The molecule has 1 aliphatic carbocycles. The Balaban J connectivity index is 0.00000158. The molecule has 1 atom stereocenters. The predicted molar refractivity (Wildman–Crippen MR) is 140 cm³/mol. The van der Waals surface area contributed by atoms with Gasteiger partial charge >= 0.3 is 5.97 Å². The zero-order valence-electron chi connectivity index (χ0n) is 20.0. The van der Waals surface area contributed by atoms with Gasteiger partial charge in [-0.15, -0.1) is 23.1 Å². The van der Waals surface area contributed by atoms with E-state index in [9.17, 15) is 10.0 Å². The van der Waals surface area contributed by atoms with Crippen LogP contribution in [-0.2, 0) is 16.9 Å². The van der Waals surface area contributed by atoms with Crippen LogP contribution in [0.3, 0.4) is 0 Å². The summed E-state index contributed by atoms with van der Waals surface area (Å²) >= 11 is 3.11. The highest BCUT2D eigenvalue weighted by Gasteiger charge is 2.35. The van der Waals surface area contributed by atoms with E-state index in [-0.39, 0.29) is 11.9 Å². The second kappa shape index (κ2) is 12.6. The topological polar surface area (TPSA) is 68.1 Å². The van der Waals surface area contributed by atoms with E-state index in [1.54, 1.807) is 18.9 Å². The second-order valence-electron chi connectivity index (χ2n) is 7.42. The lowest BCUT2D eigenvalue weighted by atomic mass is 9.79. The summed E-state index contributed by atoms with van der Waals surface area (Å²) in [6, 6.07) is 18.1. The summed E-state index contributed by atoms with van der Waals surface area (Å²) in [6.45, 7) is 6.14. The van der Waals surface area contributed by atoms with Gasteiger partial charge in [-0.2, -0.15) is 0 Å². The summed E-state index contributed by atoms with van der Waals surface area (Å²) in [5, 5.41) is 13.8. The lowest BCUT2D eigenvalue weighted by Gasteiger charge is -2.25. The van der Waals surface area contributed by atoms with Crippen molar-refractivity contribution in [2.45, 2.75) is 49.5 Å². The molecule has 34 heavy (non-hydrogen) atoms. The Morgan fingerprint density at radius 1 is 1.15 bits per heavy atom. The van der Waals surface area contributed by atoms with Crippen molar-refractivity contribution in [1.82, 2.24) is 0 Å². The Morgan fingerprint density at radius 3 is 2.47 bits per heavy atom. The van der Waals surface area contributed by atoms with Gasteiger partial charge in [0.05, 0.1) is 23.6 Å². The zero-order valence-corrected chi connectivity index (χ0v) is 21.7. The molecule has 1 N–H and O–H groups in total. The summed E-state index contributed by atoms with van der Waals surface area (Å²) in [5.41, 5.74) is 4.68. The third-order valence-corrected chi connectivity index (χ3v) is 8.10. The number of thiophene rings is 1. The van der Waals surface area contributed by atoms with E-state index < -0.39 is 0 Å². The SMILES string of the molecule is CC.CCOC(=O)c1sc(SCc2ccccc2)c2c1CCC(c1ccc(OC)cc1)/C2=N\O. The van der Waals surface area contributed by atoms with Crippen LogP contribution in [-0.4, -0.2) is 30.6 Å². The van der Waals surface area contributed by atoms with E-state index in [0.29, 0.717) is 17.2 Å². The maximum Gasteiger partial charge on any atom is 0.348 e. The van der Waals surface area contributed by atoms with Crippen LogP contribution in [0.15, 0.2) is 64.0 Å². The van der Waals surface area contributed by atoms with E-state index >= 15 is 0 Å². The Morgan fingerprint density at radius 2 is 1.85 bits per heavy atom. The number of thioether (sulfide) groups is 1. The fourth-order valence-corrected chi connectivity index (χ4v) is 6.52. The highest BCUT2D eigenvalue weighted by atomic mass is 32.2. The van der Waals surface area contributed by atoms with Crippen LogP contribution in [0.5, 0.6) is 5.75 Å². The summed E-state index contributed by atoms with van der Waals surface area (Å²) < 4.78 is 11.6. The number of carbonyl (C=O) groups excluding carboxylic acids is 1. The number of fused-ring (bicyclic) bond motifs is 1. The minimum Gasteiger partial charge on any atom is -0.497 e. The van der Waals surface area contributed by atoms with Crippen LogP contribution in [0.1, 0.15) is 65.0 Å². The average Bonchev–Trinajstić information content (AvgIpc) is 3.28. The Bertz CT molecular complexity index is 1110. The maximum absolute atomic E-state index is 12.7. The van der Waals surface area contributed by atoms with Crippen molar-refractivity contribution >= 4 is 34.8 Å². The monoisotopic (exact) mass is 497 g/mol. The maximum atomic E-state index is 12.7. The molecule has 1 heterocycles. The van der Waals surface area contributed by atoms with Crippen LogP contribution in [0.2, 0.25) is 0 Å². The van der Waals surface area contributed by atoms with Gasteiger partial charge in [-0.1, -0.05) is 61.5 Å². The lowest BCUT2D eigenvalue weighted by Crippen LogP contribution is -2.22. The highest BCUT2D eigenvalue weighted by Crippen LogP contribution is 2.45. The van der Waals surface area contributed by atoms with E-state index in [2.05, 4.69) is 17.3 Å². The Labute approximate surface area is 209 Å². The smallest absolute Gasteiger partial charge is 0.348 e. The van der Waals surface area contributed by atoms with Crippen molar-refractivity contribution < 1.29 is 19.5 Å². The predicted octanol–water partition coefficient (Wildman–Crippen LogP) is 7.16. The van der Waals surface area contributed by atoms with Gasteiger partial charge in [0.15, 0.2) is 0 Å². The number of nitrogens with zero attached hydrogens (tertiary/aromatic N) is 1. The molecular formula is C27H31NO4S2. The fraction of sp³-hybridized carbons (Fsp3) is 0.333. The fourth-order valence-electron chi connectivity index (χ4n) is 4.01. The number of rotatable bonds is 7. The second-order valence-corrected chi connectivity index (χ2v) is 9.68. The van der Waals surface area contributed by atoms with E-state index in [1.807, 2.05) is 63.2 Å². The third-order valence-electron chi connectivity index (χ3n) is 5.54. The molecule has 0 saturated heterocycles. The normalized spacial score (nSPS) is 15.8. The number of hydrogen-bond donors (Lipinski definition) is 1. The van der Waals surface area contributed by atoms with Crippen LogP contribution in [0.25, 0.3) is 0 Å². The van der Waals surface area contributed by atoms with Gasteiger partial charge in [0, 0.05) is 17.2 Å². The van der Waals surface area contributed by atoms with Crippen molar-refractivity contribution in [3.05, 3.63) is 81.7 Å². The molecule has 1 aliphatic rings. The van der Waals surface area contributed by atoms with Crippen LogP contribution in [0, 0.1) is 0 Å². The van der Waals surface area contributed by atoms with Crippen molar-refractivity contribution in [3.8, 4) is 5.75 Å². The lowest BCUT2D eigenvalue weighted by molar-refractivity contribution is 0.0531. The molecule has 1 unspecified atom stereocenters. The minimum absolute atomic E-state index is 0.0564. The van der Waals surface area contributed by atoms with E-state index in [4.69, 9.17) is 9.47 Å². The molecular weight excluding hydrogens is 466 g/mol. The summed E-state index contributed by atoms with van der Waals surface area (Å²) in [5.74, 6) is 1.19. The standard InChI is InChI=1S/C25H25NO4S2.C2H6/c1-3-30-24(27)23-20-14-13-19(17-9-11-18(29-2)12-10-17)22(26-28)21(20)25(32-23)31-15-16-7-5-4-6-8-16;1-2/h4-12,19,28H,3,13-15H2,1-2H3;1-2H3/b26-22+;. The largest absolute Gasteiger partial charge is 0.497 e. The first-order valence-electron chi connectivity index (χ1n) is 11.5. The first-order valence-corrected chi connectivity index (χ1v) is 13.3. The van der Waals surface area contributed by atoms with Gasteiger partial charge in [-0.3, -0.25) is 0 Å². The first-order chi connectivity index (χ1) is 16.7. The number of carbonyl (C=O) groups is 1. The van der Waals surface area contributed by atoms with Crippen molar-refractivity contribution in [2.24, 2.45) is 5.16 Å². The highest BCUT2D eigenvalue weighted by molar-refractivity contribution is 8.00. The van der Waals surface area contributed by atoms with Gasteiger partial charge in [-0.05, 0) is 48.6 Å². The number of hydrogen-bond acceptors (Lipinski definition) is 7. The minimum atomic E-state index is -0.305. The van der Waals surface area contributed by atoms with Gasteiger partial charge in [0.25, 0.3) is 0 Å². The molecule has 4 rings (SSSR count). The molecule has 180 valence electrons. The third kappa shape index (κ3) is 5.65. The molecule has 3 aromatic rings. The van der Waals surface area contributed by atoms with Crippen LogP contribution in [0.4, 0.5) is 0 Å².